The van der Waals surface area contributed by atoms with Gasteiger partial charge in [-0.2, -0.15) is 5.57 Å². The maximum Gasteiger partial charge on any atom is 4.00 e. The van der Waals surface area contributed by atoms with Gasteiger partial charge in [-0.25, -0.2) is 16.8 Å². The standard InChI is InChI=1S/C21H29Si.3ClH.Ti/c1-2-9-19-15-18(14-17-10-5-3-6-11-17)16-21(19)22-20-12-7-4-8-13-20;;;;/h4,7-8,12-13,17H,2-3,5-6,9-11,14,16,22H2,1H3;3*1H;/q-1;;;;+4/p-3. The molecule has 0 saturated heterocycles. The Balaban J connectivity index is 0. The number of hydrogen-bond acceptors (Lipinski definition) is 0. The van der Waals surface area contributed by atoms with Crippen molar-refractivity contribution in [2.45, 2.75) is 64.7 Å². The summed E-state index contributed by atoms with van der Waals surface area (Å²) in [5.41, 5.74) is 3.22. The second kappa shape index (κ2) is 15.4. The summed E-state index contributed by atoms with van der Waals surface area (Å²) in [6.07, 6.45) is 16.2. The minimum absolute atomic E-state index is 0. The summed E-state index contributed by atoms with van der Waals surface area (Å²) in [7, 11) is -0.276. The smallest absolute Gasteiger partial charge is 1.00 e. The average Bonchev–Trinajstić information content (AvgIpc) is 2.91. The van der Waals surface area contributed by atoms with Crippen LogP contribution in [0, 0.1) is 12.0 Å². The first kappa shape index (κ1) is 28.7. The monoisotopic (exact) mass is 462 g/mol. The average molecular weight is 464 g/mol. The summed E-state index contributed by atoms with van der Waals surface area (Å²) in [6, 6.07) is 11.2. The number of allylic oxidation sites excluding steroid dienone is 4. The Hall–Kier alpha value is 0.501. The minimum atomic E-state index is -0.276. The van der Waals surface area contributed by atoms with Crippen LogP contribution in [0.2, 0.25) is 0 Å². The molecule has 2 aliphatic rings. The van der Waals surface area contributed by atoms with Gasteiger partial charge in [0.05, 0.1) is 0 Å². The van der Waals surface area contributed by atoms with E-state index < -0.39 is 0 Å². The van der Waals surface area contributed by atoms with Gasteiger partial charge in [-0.3, -0.25) is 0 Å². The van der Waals surface area contributed by atoms with Gasteiger partial charge in [0.15, 0.2) is 0 Å². The Labute approximate surface area is 196 Å². The van der Waals surface area contributed by atoms with Gasteiger partial charge in [0.2, 0.25) is 0 Å². The normalized spacial score (nSPS) is 17.0. The number of hydrogen-bond donors (Lipinski definition) is 0. The van der Waals surface area contributed by atoms with Gasteiger partial charge in [-0.1, -0.05) is 93.8 Å². The van der Waals surface area contributed by atoms with E-state index in [1.807, 2.05) is 0 Å². The molecular weight excluding hydrogens is 435 g/mol. The van der Waals surface area contributed by atoms with E-state index in [4.69, 9.17) is 0 Å². The van der Waals surface area contributed by atoms with E-state index in [1.54, 1.807) is 21.5 Å². The molecular formula is C21H29Cl3SiTi. The molecule has 142 valence electrons. The molecule has 0 heterocycles. The zero-order valence-electron chi connectivity index (χ0n) is 15.7. The predicted molar refractivity (Wildman–Crippen MR) is 99.1 cm³/mol. The second-order valence-corrected chi connectivity index (χ2v) is 9.13. The molecule has 0 spiro atoms. The summed E-state index contributed by atoms with van der Waals surface area (Å²) in [4.78, 5) is 0. The first-order chi connectivity index (χ1) is 10.8. The molecule has 2 aliphatic carbocycles. The molecule has 0 aliphatic heterocycles. The van der Waals surface area contributed by atoms with Gasteiger partial charge >= 0.3 is 21.7 Å². The van der Waals surface area contributed by atoms with Crippen molar-refractivity contribution < 1.29 is 58.9 Å². The number of rotatable bonds is 6. The van der Waals surface area contributed by atoms with Crippen molar-refractivity contribution in [3.63, 3.8) is 0 Å². The summed E-state index contributed by atoms with van der Waals surface area (Å²) in [5, 5.41) is 3.37. The van der Waals surface area contributed by atoms with Crippen LogP contribution in [0.25, 0.3) is 0 Å². The van der Waals surface area contributed by atoms with Gasteiger partial charge in [0.25, 0.3) is 0 Å². The molecule has 3 rings (SSSR count). The Bertz CT molecular complexity index is 552. The molecule has 1 saturated carbocycles. The van der Waals surface area contributed by atoms with Crippen LogP contribution in [-0.2, 0) is 21.7 Å². The van der Waals surface area contributed by atoms with Crippen molar-refractivity contribution in [3.8, 4) is 0 Å². The zero-order chi connectivity index (χ0) is 15.2. The van der Waals surface area contributed by atoms with E-state index >= 15 is 0 Å². The van der Waals surface area contributed by atoms with Gasteiger partial charge in [-0.05, 0) is 21.9 Å². The first-order valence-corrected chi connectivity index (χ1v) is 10.6. The minimum Gasteiger partial charge on any atom is -1.00 e. The molecule has 0 N–H and O–H groups in total. The molecule has 0 unspecified atom stereocenters. The largest absolute Gasteiger partial charge is 4.00 e. The van der Waals surface area contributed by atoms with E-state index in [-0.39, 0.29) is 68.5 Å². The molecule has 0 atom stereocenters. The number of halogens is 3. The third-order valence-corrected chi connectivity index (χ3v) is 7.18. The second-order valence-electron chi connectivity index (χ2n) is 7.11. The molecule has 26 heavy (non-hydrogen) atoms. The van der Waals surface area contributed by atoms with Crippen molar-refractivity contribution in [2.75, 3.05) is 0 Å². The topological polar surface area (TPSA) is 0 Å². The van der Waals surface area contributed by atoms with E-state index in [1.165, 1.54) is 57.8 Å². The maximum absolute atomic E-state index is 3.84. The first-order valence-electron chi connectivity index (χ1n) is 9.21. The van der Waals surface area contributed by atoms with Crippen molar-refractivity contribution in [1.82, 2.24) is 0 Å². The Morgan fingerprint density at radius 2 is 1.65 bits per heavy atom. The van der Waals surface area contributed by atoms with Crippen molar-refractivity contribution in [3.05, 3.63) is 52.8 Å². The van der Waals surface area contributed by atoms with Gasteiger partial charge in [0.1, 0.15) is 0 Å². The molecule has 1 fully saturated rings. The maximum atomic E-state index is 3.84. The summed E-state index contributed by atoms with van der Waals surface area (Å²) < 4.78 is 0. The van der Waals surface area contributed by atoms with Crippen LogP contribution in [0.15, 0.2) is 46.7 Å². The quantitative estimate of drug-likeness (QED) is 0.296. The van der Waals surface area contributed by atoms with Gasteiger partial charge in [0, 0.05) is 0 Å². The van der Waals surface area contributed by atoms with Crippen LogP contribution in [0.5, 0.6) is 0 Å². The van der Waals surface area contributed by atoms with E-state index in [2.05, 4.69) is 43.3 Å². The molecule has 0 aromatic heterocycles. The summed E-state index contributed by atoms with van der Waals surface area (Å²) in [6.45, 7) is 2.30. The SMILES string of the molecule is CCCC1=C([SiH2]c2ccccc2)CC(CC2CCCCC2)=[C-]1.[Cl-].[Cl-].[Cl-].[Ti+4]. The third kappa shape index (κ3) is 8.67. The Kier molecular flexibility index (Phi) is 17.0. The fraction of sp³-hybridized carbons (Fsp3) is 0.524. The summed E-state index contributed by atoms with van der Waals surface area (Å²) in [5.74, 6) is 0.955. The molecule has 0 nitrogen and oxygen atoms in total. The fourth-order valence-electron chi connectivity index (χ4n) is 4.07. The Morgan fingerprint density at radius 3 is 2.27 bits per heavy atom. The molecule has 5 heteroatoms. The van der Waals surface area contributed by atoms with Crippen LogP contribution in [0.1, 0.15) is 64.7 Å². The van der Waals surface area contributed by atoms with E-state index in [0.717, 1.165) is 5.92 Å². The van der Waals surface area contributed by atoms with E-state index in [0.29, 0.717) is 0 Å². The van der Waals surface area contributed by atoms with Crippen molar-refractivity contribution in [2.24, 2.45) is 5.92 Å². The van der Waals surface area contributed by atoms with Crippen LogP contribution < -0.4 is 42.4 Å². The fourth-order valence-corrected chi connectivity index (χ4v) is 5.98. The molecule has 1 aromatic rings. The third-order valence-electron chi connectivity index (χ3n) is 5.20. The predicted octanol–water partition coefficient (Wildman–Crippen LogP) is -4.35. The van der Waals surface area contributed by atoms with E-state index in [9.17, 15) is 0 Å². The van der Waals surface area contributed by atoms with Crippen LogP contribution in [0.4, 0.5) is 0 Å². The van der Waals surface area contributed by atoms with Crippen LogP contribution in [-0.4, -0.2) is 9.52 Å². The van der Waals surface area contributed by atoms with Crippen LogP contribution >= 0.6 is 0 Å². The van der Waals surface area contributed by atoms with Gasteiger partial charge in [-0.15, -0.1) is 0 Å². The van der Waals surface area contributed by atoms with Gasteiger partial charge < -0.3 is 37.2 Å². The summed E-state index contributed by atoms with van der Waals surface area (Å²) >= 11 is 0. The molecule has 0 bridgehead atoms. The molecule has 0 radical (unpaired) electrons. The van der Waals surface area contributed by atoms with Crippen LogP contribution in [0.3, 0.4) is 0 Å². The number of benzene rings is 1. The van der Waals surface area contributed by atoms with Crippen molar-refractivity contribution in [1.29, 1.82) is 0 Å². The molecule has 1 aromatic carbocycles. The Morgan fingerprint density at radius 1 is 1.00 bits per heavy atom. The van der Waals surface area contributed by atoms with Crippen molar-refractivity contribution >= 4 is 14.7 Å². The zero-order valence-corrected chi connectivity index (χ0v) is 20.9. The molecule has 0 amide bonds.